The first-order valence-corrected chi connectivity index (χ1v) is 6.52. The van der Waals surface area contributed by atoms with Gasteiger partial charge in [-0.05, 0) is 31.9 Å². The van der Waals surface area contributed by atoms with Crippen molar-refractivity contribution >= 4 is 5.82 Å². The van der Waals surface area contributed by atoms with Gasteiger partial charge in [-0.15, -0.1) is 0 Å². The minimum atomic E-state index is 0.570. The van der Waals surface area contributed by atoms with Crippen molar-refractivity contribution in [3.8, 4) is 11.6 Å². The van der Waals surface area contributed by atoms with Crippen LogP contribution in [0.5, 0.6) is 11.6 Å². The summed E-state index contributed by atoms with van der Waals surface area (Å²) >= 11 is 0. The number of aromatic nitrogens is 2. The van der Waals surface area contributed by atoms with E-state index in [2.05, 4.69) is 22.2 Å². The molecule has 2 aromatic rings. The van der Waals surface area contributed by atoms with Crippen LogP contribution in [0.2, 0.25) is 0 Å². The second-order valence-corrected chi connectivity index (χ2v) is 4.43. The van der Waals surface area contributed by atoms with Crippen LogP contribution >= 0.6 is 0 Å². The molecule has 0 saturated heterocycles. The fourth-order valence-electron chi connectivity index (χ4n) is 1.72. The number of para-hydroxylation sites is 1. The van der Waals surface area contributed by atoms with Crippen molar-refractivity contribution in [2.45, 2.75) is 27.2 Å². The monoisotopic (exact) mass is 257 g/mol. The number of nitrogens with zero attached hydrogens (tertiary/aromatic N) is 2. The lowest BCUT2D eigenvalue weighted by atomic mass is 10.2. The minimum Gasteiger partial charge on any atom is -0.439 e. The molecule has 0 aliphatic carbocycles. The highest BCUT2D eigenvalue weighted by Gasteiger charge is 2.05. The van der Waals surface area contributed by atoms with E-state index >= 15 is 0 Å². The smallest absolute Gasteiger partial charge is 0.224 e. The molecule has 2 rings (SSSR count). The quantitative estimate of drug-likeness (QED) is 0.887. The van der Waals surface area contributed by atoms with E-state index < -0.39 is 0 Å². The number of nitrogens with one attached hydrogen (secondary N) is 1. The second kappa shape index (κ2) is 6.18. The zero-order chi connectivity index (χ0) is 13.7. The van der Waals surface area contributed by atoms with E-state index in [1.165, 1.54) is 0 Å². The molecule has 0 spiro atoms. The van der Waals surface area contributed by atoms with Gasteiger partial charge in [-0.2, -0.15) is 4.98 Å². The molecular weight excluding hydrogens is 238 g/mol. The molecule has 0 bridgehead atoms. The number of hydrogen-bond donors (Lipinski definition) is 1. The Morgan fingerprint density at radius 1 is 1.16 bits per heavy atom. The molecule has 1 N–H and O–H groups in total. The van der Waals surface area contributed by atoms with Gasteiger partial charge in [-0.1, -0.05) is 25.1 Å². The summed E-state index contributed by atoms with van der Waals surface area (Å²) < 4.78 is 5.82. The first-order chi connectivity index (χ1) is 9.19. The molecule has 1 heterocycles. The Kier molecular flexibility index (Phi) is 4.34. The topological polar surface area (TPSA) is 47.0 Å². The molecule has 0 fully saturated rings. The summed E-state index contributed by atoms with van der Waals surface area (Å²) in [5, 5.41) is 3.24. The fraction of sp³-hybridized carbons (Fsp3) is 0.333. The van der Waals surface area contributed by atoms with Gasteiger partial charge in [0, 0.05) is 12.6 Å². The Hall–Kier alpha value is -2.10. The van der Waals surface area contributed by atoms with Crippen LogP contribution in [0.1, 0.15) is 24.7 Å². The third-order valence-corrected chi connectivity index (χ3v) is 2.68. The van der Waals surface area contributed by atoms with Crippen molar-refractivity contribution in [3.05, 3.63) is 41.7 Å². The molecular formula is C15H19N3O. The molecule has 0 atom stereocenters. The molecule has 1 aromatic heterocycles. The van der Waals surface area contributed by atoms with Crippen molar-refractivity contribution in [2.75, 3.05) is 11.9 Å². The summed E-state index contributed by atoms with van der Waals surface area (Å²) in [5.74, 6) is 2.89. The lowest BCUT2D eigenvalue weighted by molar-refractivity contribution is 0.457. The number of aryl methyl sites for hydroxylation is 2. The molecule has 100 valence electrons. The van der Waals surface area contributed by atoms with Gasteiger partial charge in [0.25, 0.3) is 0 Å². The van der Waals surface area contributed by atoms with Gasteiger partial charge in [0.2, 0.25) is 5.88 Å². The Bertz CT molecular complexity index is 555. The van der Waals surface area contributed by atoms with Crippen molar-refractivity contribution in [2.24, 2.45) is 0 Å². The van der Waals surface area contributed by atoms with E-state index in [4.69, 9.17) is 4.74 Å². The van der Waals surface area contributed by atoms with Gasteiger partial charge in [0.1, 0.15) is 17.4 Å². The predicted molar refractivity (Wildman–Crippen MR) is 76.8 cm³/mol. The molecule has 4 heteroatoms. The highest BCUT2D eigenvalue weighted by molar-refractivity contribution is 5.41. The maximum Gasteiger partial charge on any atom is 0.224 e. The number of anilines is 1. The Labute approximate surface area is 113 Å². The molecule has 4 nitrogen and oxygen atoms in total. The van der Waals surface area contributed by atoms with Crippen LogP contribution in [0.3, 0.4) is 0 Å². The van der Waals surface area contributed by atoms with Gasteiger partial charge < -0.3 is 10.1 Å². The van der Waals surface area contributed by atoms with E-state index in [0.29, 0.717) is 11.7 Å². The van der Waals surface area contributed by atoms with Crippen LogP contribution < -0.4 is 10.1 Å². The lowest BCUT2D eigenvalue weighted by Gasteiger charge is -2.10. The van der Waals surface area contributed by atoms with Crippen LogP contribution in [0.25, 0.3) is 0 Å². The van der Waals surface area contributed by atoms with Crippen LogP contribution in [-0.2, 0) is 0 Å². The largest absolute Gasteiger partial charge is 0.439 e. The van der Waals surface area contributed by atoms with Crippen LogP contribution in [-0.4, -0.2) is 16.5 Å². The van der Waals surface area contributed by atoms with Gasteiger partial charge >= 0.3 is 0 Å². The Morgan fingerprint density at radius 3 is 2.68 bits per heavy atom. The number of benzene rings is 1. The average Bonchev–Trinajstić information content (AvgIpc) is 2.38. The fourth-order valence-corrected chi connectivity index (χ4v) is 1.72. The van der Waals surface area contributed by atoms with Gasteiger partial charge in [0.15, 0.2) is 0 Å². The zero-order valence-corrected chi connectivity index (χ0v) is 11.6. The Morgan fingerprint density at radius 2 is 1.95 bits per heavy atom. The third-order valence-electron chi connectivity index (χ3n) is 2.68. The first-order valence-electron chi connectivity index (χ1n) is 6.52. The predicted octanol–water partition coefficient (Wildman–Crippen LogP) is 3.71. The molecule has 0 radical (unpaired) electrons. The van der Waals surface area contributed by atoms with E-state index in [1.807, 2.05) is 44.2 Å². The van der Waals surface area contributed by atoms with Crippen LogP contribution in [0, 0.1) is 13.8 Å². The summed E-state index contributed by atoms with van der Waals surface area (Å²) in [5.41, 5.74) is 1.09. The molecule has 0 saturated carbocycles. The van der Waals surface area contributed by atoms with E-state index in [9.17, 15) is 0 Å². The molecule has 19 heavy (non-hydrogen) atoms. The summed E-state index contributed by atoms with van der Waals surface area (Å²) in [6.07, 6.45) is 1.05. The van der Waals surface area contributed by atoms with Crippen LogP contribution in [0.4, 0.5) is 5.82 Å². The third kappa shape index (κ3) is 3.68. The van der Waals surface area contributed by atoms with Gasteiger partial charge in [-0.25, -0.2) is 4.98 Å². The van der Waals surface area contributed by atoms with E-state index in [0.717, 1.165) is 30.1 Å². The lowest BCUT2D eigenvalue weighted by Crippen LogP contribution is -2.04. The first kappa shape index (κ1) is 13.3. The summed E-state index contributed by atoms with van der Waals surface area (Å²) in [4.78, 5) is 8.64. The molecule has 0 unspecified atom stereocenters. The van der Waals surface area contributed by atoms with Crippen molar-refractivity contribution < 1.29 is 4.74 Å². The zero-order valence-electron chi connectivity index (χ0n) is 11.6. The van der Waals surface area contributed by atoms with Crippen molar-refractivity contribution in [1.29, 1.82) is 0 Å². The Balaban J connectivity index is 2.20. The van der Waals surface area contributed by atoms with Gasteiger partial charge in [0.05, 0.1) is 0 Å². The standard InChI is InChI=1S/C15H19N3O/c1-4-9-16-14-10-15(18-12(3)17-14)19-13-8-6-5-7-11(13)2/h5-8,10H,4,9H2,1-3H3,(H,16,17,18). The van der Waals surface area contributed by atoms with E-state index in [1.54, 1.807) is 0 Å². The summed E-state index contributed by atoms with van der Waals surface area (Å²) in [6, 6.07) is 9.72. The highest BCUT2D eigenvalue weighted by atomic mass is 16.5. The molecule has 0 aliphatic rings. The van der Waals surface area contributed by atoms with Gasteiger partial charge in [-0.3, -0.25) is 0 Å². The number of rotatable bonds is 5. The van der Waals surface area contributed by atoms with Crippen molar-refractivity contribution in [3.63, 3.8) is 0 Å². The molecule has 0 aliphatic heterocycles. The number of ether oxygens (including phenoxy) is 1. The summed E-state index contributed by atoms with van der Waals surface area (Å²) in [7, 11) is 0. The highest BCUT2D eigenvalue weighted by Crippen LogP contribution is 2.24. The van der Waals surface area contributed by atoms with Crippen LogP contribution in [0.15, 0.2) is 30.3 Å². The number of hydrogen-bond acceptors (Lipinski definition) is 4. The molecule has 0 amide bonds. The molecule has 1 aromatic carbocycles. The SMILES string of the molecule is CCCNc1cc(Oc2ccccc2C)nc(C)n1. The maximum atomic E-state index is 5.82. The van der Waals surface area contributed by atoms with Crippen molar-refractivity contribution in [1.82, 2.24) is 9.97 Å². The summed E-state index contributed by atoms with van der Waals surface area (Å²) in [6.45, 7) is 6.88. The average molecular weight is 257 g/mol. The second-order valence-electron chi connectivity index (χ2n) is 4.43. The maximum absolute atomic E-state index is 5.82. The van der Waals surface area contributed by atoms with E-state index in [-0.39, 0.29) is 0 Å². The normalized spacial score (nSPS) is 10.3. The minimum absolute atomic E-state index is 0.570.